The zero-order chi connectivity index (χ0) is 22.9. The van der Waals surface area contributed by atoms with Gasteiger partial charge in [-0.05, 0) is 30.7 Å². The summed E-state index contributed by atoms with van der Waals surface area (Å²) < 4.78 is 55.5. The van der Waals surface area contributed by atoms with Crippen LogP contribution >= 0.6 is 0 Å². The lowest BCUT2D eigenvalue weighted by atomic mass is 10.1. The van der Waals surface area contributed by atoms with E-state index < -0.39 is 29.3 Å². The molecule has 1 fully saturated rings. The zero-order valence-corrected chi connectivity index (χ0v) is 17.3. The number of amides is 1. The predicted molar refractivity (Wildman–Crippen MR) is 109 cm³/mol. The van der Waals surface area contributed by atoms with Crippen molar-refractivity contribution in [1.29, 1.82) is 0 Å². The lowest BCUT2D eigenvalue weighted by Gasteiger charge is -2.34. The van der Waals surface area contributed by atoms with Gasteiger partial charge in [0.1, 0.15) is 5.82 Å². The Morgan fingerprint density at radius 2 is 1.75 bits per heavy atom. The molecule has 1 aromatic heterocycles. The average molecular weight is 447 g/mol. The first-order valence-corrected chi connectivity index (χ1v) is 10.1. The number of hydrogen-bond acceptors (Lipinski definition) is 4. The van der Waals surface area contributed by atoms with Crippen LogP contribution < -0.4 is 0 Å². The van der Waals surface area contributed by atoms with Crippen LogP contribution in [-0.4, -0.2) is 56.9 Å². The standard InChI is InChI=1S/C22H21F4N5O/c1-15-4-2-5-16(12-15)14-29-8-10-30(11-9-29)21(32)19-20(22(24,25)26)31(28-27-19)18-7-3-6-17(23)13-18/h2-7,12-13H,8-11,14H2,1H3. The van der Waals surface area contributed by atoms with Crippen LogP contribution in [-0.2, 0) is 12.7 Å². The van der Waals surface area contributed by atoms with Crippen molar-refractivity contribution in [2.75, 3.05) is 26.2 Å². The Morgan fingerprint density at radius 3 is 2.41 bits per heavy atom. The minimum atomic E-state index is -4.90. The van der Waals surface area contributed by atoms with Gasteiger partial charge in [-0.3, -0.25) is 9.69 Å². The molecule has 0 radical (unpaired) electrons. The van der Waals surface area contributed by atoms with Crippen molar-refractivity contribution in [3.05, 3.63) is 76.9 Å². The third kappa shape index (κ3) is 4.64. The number of aromatic nitrogens is 3. The second kappa shape index (κ2) is 8.70. The van der Waals surface area contributed by atoms with E-state index in [1.165, 1.54) is 17.0 Å². The number of nitrogens with zero attached hydrogens (tertiary/aromatic N) is 5. The molecule has 0 spiro atoms. The molecule has 0 unspecified atom stereocenters. The number of rotatable bonds is 4. The Balaban J connectivity index is 1.51. The van der Waals surface area contributed by atoms with Crippen LogP contribution in [0.3, 0.4) is 0 Å². The number of benzene rings is 2. The van der Waals surface area contributed by atoms with Gasteiger partial charge in [-0.1, -0.05) is 41.1 Å². The molecule has 0 N–H and O–H groups in total. The van der Waals surface area contributed by atoms with E-state index in [4.69, 9.17) is 0 Å². The Morgan fingerprint density at radius 1 is 1.03 bits per heavy atom. The third-order valence-corrected chi connectivity index (χ3v) is 5.34. The van der Waals surface area contributed by atoms with Gasteiger partial charge in [-0.15, -0.1) is 5.10 Å². The molecule has 2 aromatic carbocycles. The van der Waals surface area contributed by atoms with E-state index in [0.29, 0.717) is 24.3 Å². The summed E-state index contributed by atoms with van der Waals surface area (Å²) in [5.74, 6) is -1.56. The monoisotopic (exact) mass is 447 g/mol. The molecule has 0 aliphatic carbocycles. The molecule has 10 heteroatoms. The van der Waals surface area contributed by atoms with Crippen LogP contribution in [0.25, 0.3) is 5.69 Å². The fraction of sp³-hybridized carbons (Fsp3) is 0.318. The Bertz CT molecular complexity index is 1120. The fourth-order valence-corrected chi connectivity index (χ4v) is 3.80. The number of halogens is 4. The van der Waals surface area contributed by atoms with E-state index >= 15 is 0 Å². The molecule has 0 saturated carbocycles. The van der Waals surface area contributed by atoms with Crippen molar-refractivity contribution in [1.82, 2.24) is 24.8 Å². The summed E-state index contributed by atoms with van der Waals surface area (Å²) in [6.45, 7) is 4.31. The largest absolute Gasteiger partial charge is 0.435 e. The van der Waals surface area contributed by atoms with Crippen molar-refractivity contribution in [3.8, 4) is 5.69 Å². The molecule has 1 aliphatic rings. The average Bonchev–Trinajstić information content (AvgIpc) is 3.20. The van der Waals surface area contributed by atoms with Gasteiger partial charge in [0.05, 0.1) is 5.69 Å². The predicted octanol–water partition coefficient (Wildman–Crippen LogP) is 3.69. The summed E-state index contributed by atoms with van der Waals surface area (Å²) in [6.07, 6.45) is -4.90. The SMILES string of the molecule is Cc1cccc(CN2CCN(C(=O)c3nnn(-c4cccc(F)c4)c3C(F)(F)F)CC2)c1. The van der Waals surface area contributed by atoms with Gasteiger partial charge in [0, 0.05) is 32.7 Å². The lowest BCUT2D eigenvalue weighted by Crippen LogP contribution is -2.48. The maximum atomic E-state index is 13.8. The Labute approximate surface area is 182 Å². The normalized spacial score (nSPS) is 15.2. The van der Waals surface area contributed by atoms with E-state index in [0.717, 1.165) is 23.3 Å². The van der Waals surface area contributed by atoms with Gasteiger partial charge in [-0.25, -0.2) is 9.07 Å². The first-order valence-electron chi connectivity index (χ1n) is 10.1. The Kier molecular flexibility index (Phi) is 5.96. The van der Waals surface area contributed by atoms with E-state index in [-0.39, 0.29) is 18.8 Å². The second-order valence-corrected chi connectivity index (χ2v) is 7.73. The molecule has 32 heavy (non-hydrogen) atoms. The van der Waals surface area contributed by atoms with Crippen LogP contribution in [0.1, 0.15) is 27.3 Å². The number of aryl methyl sites for hydroxylation is 1. The maximum absolute atomic E-state index is 13.8. The second-order valence-electron chi connectivity index (χ2n) is 7.73. The van der Waals surface area contributed by atoms with Crippen molar-refractivity contribution in [3.63, 3.8) is 0 Å². The minimum absolute atomic E-state index is 0.160. The highest BCUT2D eigenvalue weighted by Crippen LogP contribution is 2.33. The number of hydrogen-bond donors (Lipinski definition) is 0. The van der Waals surface area contributed by atoms with Gasteiger partial charge in [0.2, 0.25) is 0 Å². The number of piperazine rings is 1. The number of carbonyl (C=O) groups is 1. The van der Waals surface area contributed by atoms with Gasteiger partial charge in [0.15, 0.2) is 11.4 Å². The Hall–Kier alpha value is -3.27. The van der Waals surface area contributed by atoms with Crippen molar-refractivity contribution in [2.24, 2.45) is 0 Å². The molecule has 0 atom stereocenters. The maximum Gasteiger partial charge on any atom is 0.435 e. The summed E-state index contributed by atoms with van der Waals surface area (Å²) in [6, 6.07) is 12.6. The van der Waals surface area contributed by atoms with E-state index in [1.54, 1.807) is 0 Å². The molecule has 2 heterocycles. The van der Waals surface area contributed by atoms with Crippen molar-refractivity contribution < 1.29 is 22.4 Å². The van der Waals surface area contributed by atoms with Crippen LogP contribution in [0.2, 0.25) is 0 Å². The van der Waals surface area contributed by atoms with E-state index in [9.17, 15) is 22.4 Å². The molecule has 1 amide bonds. The minimum Gasteiger partial charge on any atom is -0.335 e. The van der Waals surface area contributed by atoms with E-state index in [2.05, 4.69) is 21.3 Å². The van der Waals surface area contributed by atoms with Crippen LogP contribution in [0.4, 0.5) is 17.6 Å². The molecule has 0 bridgehead atoms. The first-order chi connectivity index (χ1) is 15.2. The molecule has 6 nitrogen and oxygen atoms in total. The fourth-order valence-electron chi connectivity index (χ4n) is 3.80. The topological polar surface area (TPSA) is 54.3 Å². The van der Waals surface area contributed by atoms with Crippen molar-refractivity contribution >= 4 is 5.91 Å². The summed E-state index contributed by atoms with van der Waals surface area (Å²) in [5, 5.41) is 7.04. The quantitative estimate of drug-likeness (QED) is 0.573. The summed E-state index contributed by atoms with van der Waals surface area (Å²) in [4.78, 5) is 16.4. The zero-order valence-electron chi connectivity index (χ0n) is 17.3. The molecular weight excluding hydrogens is 426 g/mol. The molecule has 1 aliphatic heterocycles. The summed E-state index contributed by atoms with van der Waals surface area (Å²) in [7, 11) is 0. The van der Waals surface area contributed by atoms with E-state index in [1.807, 2.05) is 25.1 Å². The summed E-state index contributed by atoms with van der Waals surface area (Å²) in [5.41, 5.74) is 0.0376. The van der Waals surface area contributed by atoms with Crippen LogP contribution in [0, 0.1) is 12.7 Å². The molecular formula is C22H21F4N5O. The molecule has 4 rings (SSSR count). The third-order valence-electron chi connectivity index (χ3n) is 5.34. The smallest absolute Gasteiger partial charge is 0.335 e. The molecule has 1 saturated heterocycles. The van der Waals surface area contributed by atoms with Gasteiger partial charge < -0.3 is 4.90 Å². The van der Waals surface area contributed by atoms with Crippen LogP contribution in [0.5, 0.6) is 0 Å². The van der Waals surface area contributed by atoms with Crippen molar-refractivity contribution in [2.45, 2.75) is 19.6 Å². The van der Waals surface area contributed by atoms with Gasteiger partial charge in [0.25, 0.3) is 5.91 Å². The van der Waals surface area contributed by atoms with Crippen LogP contribution in [0.15, 0.2) is 48.5 Å². The number of carbonyl (C=O) groups excluding carboxylic acids is 1. The highest BCUT2D eigenvalue weighted by Gasteiger charge is 2.43. The highest BCUT2D eigenvalue weighted by molar-refractivity contribution is 5.93. The number of alkyl halides is 3. The highest BCUT2D eigenvalue weighted by atomic mass is 19.4. The molecule has 168 valence electrons. The van der Waals surface area contributed by atoms with Gasteiger partial charge in [-0.2, -0.15) is 13.2 Å². The van der Waals surface area contributed by atoms with Gasteiger partial charge >= 0.3 is 6.18 Å². The first kappa shape index (κ1) is 21.9. The summed E-state index contributed by atoms with van der Waals surface area (Å²) >= 11 is 0. The lowest BCUT2D eigenvalue weighted by molar-refractivity contribution is -0.143. The molecule has 3 aromatic rings.